The Bertz CT molecular complexity index is 208. The molecule has 2 rings (SSSR count). The van der Waals surface area contributed by atoms with Gasteiger partial charge in [0.25, 0.3) is 0 Å². The minimum atomic E-state index is -1.87. The molecule has 6 nitrogen and oxygen atoms in total. The van der Waals surface area contributed by atoms with Crippen molar-refractivity contribution in [3.8, 4) is 0 Å². The van der Waals surface area contributed by atoms with E-state index in [0.29, 0.717) is 0 Å². The van der Waals surface area contributed by atoms with E-state index in [2.05, 4.69) is 8.37 Å². The third-order valence-corrected chi connectivity index (χ3v) is 2.52. The molecule has 0 aromatic rings. The summed E-state index contributed by atoms with van der Waals surface area (Å²) in [6, 6.07) is 0. The highest BCUT2D eigenvalue weighted by molar-refractivity contribution is 7.75. The third-order valence-electron chi connectivity index (χ3n) is 1.79. The summed E-state index contributed by atoms with van der Waals surface area (Å²) in [6.45, 7) is -0.0388. The molecule has 0 radical (unpaired) electrons. The quantitative estimate of drug-likeness (QED) is 0.469. The Morgan fingerprint density at radius 3 is 2.83 bits per heavy atom. The molecule has 70 valence electrons. The number of aliphatic hydroxyl groups excluding tert-OH is 2. The van der Waals surface area contributed by atoms with Gasteiger partial charge in [0, 0.05) is 0 Å². The van der Waals surface area contributed by atoms with Gasteiger partial charge in [-0.15, -0.1) is 0 Å². The Morgan fingerprint density at radius 2 is 2.08 bits per heavy atom. The summed E-state index contributed by atoms with van der Waals surface area (Å²) in [7, 11) is 0. The second-order valence-corrected chi connectivity index (χ2v) is 3.41. The molecule has 0 saturated carbocycles. The average molecular weight is 196 g/mol. The summed E-state index contributed by atoms with van der Waals surface area (Å²) in [5.74, 6) is 0. The van der Waals surface area contributed by atoms with Crippen molar-refractivity contribution in [2.75, 3.05) is 6.61 Å². The summed E-state index contributed by atoms with van der Waals surface area (Å²) in [5, 5.41) is 18.4. The van der Waals surface area contributed by atoms with Crippen LogP contribution in [0, 0.1) is 0 Å². The Balaban J connectivity index is 2.11. The molecule has 2 fully saturated rings. The predicted octanol–water partition coefficient (Wildman–Crippen LogP) is -1.94. The fraction of sp³-hybridized carbons (Fsp3) is 1.00. The zero-order valence-electron chi connectivity index (χ0n) is 5.95. The van der Waals surface area contributed by atoms with Crippen LogP contribution in [0.25, 0.3) is 0 Å². The highest BCUT2D eigenvalue weighted by atomic mass is 32.2. The van der Waals surface area contributed by atoms with Gasteiger partial charge in [-0.3, -0.25) is 4.18 Å². The number of ether oxygens (including phenoxy) is 1. The van der Waals surface area contributed by atoms with E-state index >= 15 is 0 Å². The van der Waals surface area contributed by atoms with Crippen molar-refractivity contribution in [1.82, 2.24) is 0 Å². The van der Waals surface area contributed by atoms with Gasteiger partial charge in [0.15, 0.2) is 6.10 Å². The lowest BCUT2D eigenvalue weighted by atomic mass is 10.1. The maximum atomic E-state index is 10.7. The minimum absolute atomic E-state index is 0.0388. The van der Waals surface area contributed by atoms with E-state index in [0.717, 1.165) is 0 Å². The Labute approximate surface area is 70.9 Å². The monoisotopic (exact) mass is 196 g/mol. The van der Waals surface area contributed by atoms with Crippen LogP contribution in [0.5, 0.6) is 0 Å². The Morgan fingerprint density at radius 1 is 1.33 bits per heavy atom. The van der Waals surface area contributed by atoms with Crippen molar-refractivity contribution in [2.45, 2.75) is 24.6 Å². The summed E-state index contributed by atoms with van der Waals surface area (Å²) >= 11 is -1.87. The number of hydrogen-bond donors (Lipinski definition) is 2. The number of rotatable bonds is 0. The first-order chi connectivity index (χ1) is 5.68. The van der Waals surface area contributed by atoms with Crippen molar-refractivity contribution in [3.05, 3.63) is 0 Å². The van der Waals surface area contributed by atoms with Crippen LogP contribution in [0.1, 0.15) is 0 Å². The van der Waals surface area contributed by atoms with E-state index < -0.39 is 36.0 Å². The highest BCUT2D eigenvalue weighted by Gasteiger charge is 2.47. The van der Waals surface area contributed by atoms with Crippen molar-refractivity contribution < 1.29 is 27.5 Å². The second kappa shape index (κ2) is 3.02. The van der Waals surface area contributed by atoms with Crippen molar-refractivity contribution >= 4 is 11.4 Å². The standard InChI is InChI=1S/C5H8O6S/c6-2-1-9-5-4(3(2)7)10-12(8)11-5/h2-7H,1H2/t2-,3+,4-,5?,12?/m1/s1. The van der Waals surface area contributed by atoms with Gasteiger partial charge in [-0.25, -0.2) is 4.18 Å². The van der Waals surface area contributed by atoms with E-state index in [-0.39, 0.29) is 6.61 Å². The number of fused-ring (bicyclic) bond motifs is 1. The van der Waals surface area contributed by atoms with Gasteiger partial charge in [-0.2, -0.15) is 4.21 Å². The Kier molecular flexibility index (Phi) is 2.15. The molecule has 2 aliphatic rings. The molecule has 2 heterocycles. The van der Waals surface area contributed by atoms with Gasteiger partial charge in [-0.05, 0) is 0 Å². The van der Waals surface area contributed by atoms with Crippen LogP contribution >= 0.6 is 0 Å². The molecule has 7 heteroatoms. The molecule has 2 unspecified atom stereocenters. The lowest BCUT2D eigenvalue weighted by molar-refractivity contribution is -0.207. The zero-order chi connectivity index (χ0) is 8.72. The zero-order valence-corrected chi connectivity index (χ0v) is 6.77. The van der Waals surface area contributed by atoms with Crippen LogP contribution < -0.4 is 0 Å². The molecule has 0 aromatic carbocycles. The molecular formula is C5H8O6S. The normalized spacial score (nSPS) is 53.7. The molecule has 2 saturated heterocycles. The van der Waals surface area contributed by atoms with Crippen molar-refractivity contribution in [1.29, 1.82) is 0 Å². The summed E-state index contributed by atoms with van der Waals surface area (Å²) < 4.78 is 24.9. The van der Waals surface area contributed by atoms with E-state index in [1.165, 1.54) is 0 Å². The van der Waals surface area contributed by atoms with E-state index in [4.69, 9.17) is 9.84 Å². The molecule has 0 spiro atoms. The molecule has 0 amide bonds. The fourth-order valence-electron chi connectivity index (χ4n) is 1.14. The van der Waals surface area contributed by atoms with Gasteiger partial charge < -0.3 is 14.9 Å². The van der Waals surface area contributed by atoms with Crippen molar-refractivity contribution in [3.63, 3.8) is 0 Å². The van der Waals surface area contributed by atoms with Crippen LogP contribution in [-0.4, -0.2) is 45.6 Å². The maximum Gasteiger partial charge on any atom is 0.307 e. The fourth-order valence-corrected chi connectivity index (χ4v) is 1.89. The second-order valence-electron chi connectivity index (χ2n) is 2.62. The molecule has 0 aliphatic carbocycles. The topological polar surface area (TPSA) is 85.2 Å². The maximum absolute atomic E-state index is 10.7. The Hall–Kier alpha value is -0.0500. The van der Waals surface area contributed by atoms with Gasteiger partial charge >= 0.3 is 11.4 Å². The first-order valence-corrected chi connectivity index (χ1v) is 4.42. The molecule has 0 bridgehead atoms. The van der Waals surface area contributed by atoms with E-state index in [9.17, 15) is 9.32 Å². The van der Waals surface area contributed by atoms with Crippen LogP contribution in [0.15, 0.2) is 0 Å². The number of hydrogen-bond acceptors (Lipinski definition) is 6. The molecule has 0 aromatic heterocycles. The summed E-state index contributed by atoms with van der Waals surface area (Å²) in [5.41, 5.74) is 0. The van der Waals surface area contributed by atoms with E-state index in [1.807, 2.05) is 0 Å². The average Bonchev–Trinajstić information content (AvgIpc) is 2.39. The van der Waals surface area contributed by atoms with Gasteiger partial charge in [-0.1, -0.05) is 0 Å². The molecule has 2 N–H and O–H groups in total. The summed E-state index contributed by atoms with van der Waals surface area (Å²) in [6.07, 6.45) is -3.79. The number of aliphatic hydroxyl groups is 2. The third kappa shape index (κ3) is 1.28. The van der Waals surface area contributed by atoms with Crippen LogP contribution in [0.4, 0.5) is 0 Å². The lowest BCUT2D eigenvalue weighted by Gasteiger charge is -2.30. The van der Waals surface area contributed by atoms with Gasteiger partial charge in [0.05, 0.1) is 6.61 Å². The SMILES string of the molecule is O=S1OC2OC[C@@H](O)[C@H](O)[C@H]2O1. The van der Waals surface area contributed by atoms with E-state index in [1.54, 1.807) is 0 Å². The molecule has 12 heavy (non-hydrogen) atoms. The summed E-state index contributed by atoms with van der Waals surface area (Å²) in [4.78, 5) is 0. The smallest absolute Gasteiger partial charge is 0.307 e. The van der Waals surface area contributed by atoms with Crippen LogP contribution in [0.3, 0.4) is 0 Å². The van der Waals surface area contributed by atoms with Crippen LogP contribution in [0.2, 0.25) is 0 Å². The molecule has 2 aliphatic heterocycles. The first kappa shape index (κ1) is 8.54. The highest BCUT2D eigenvalue weighted by Crippen LogP contribution is 2.26. The van der Waals surface area contributed by atoms with Gasteiger partial charge in [0.2, 0.25) is 6.29 Å². The predicted molar refractivity (Wildman–Crippen MR) is 35.9 cm³/mol. The molecule has 5 atom stereocenters. The minimum Gasteiger partial charge on any atom is -0.388 e. The largest absolute Gasteiger partial charge is 0.388 e. The van der Waals surface area contributed by atoms with Crippen LogP contribution in [-0.2, 0) is 24.5 Å². The molecular weight excluding hydrogens is 188 g/mol. The van der Waals surface area contributed by atoms with Gasteiger partial charge in [0.1, 0.15) is 12.2 Å². The first-order valence-electron chi connectivity index (χ1n) is 3.42. The lowest BCUT2D eigenvalue weighted by Crippen LogP contribution is -2.51. The van der Waals surface area contributed by atoms with Crippen molar-refractivity contribution in [2.24, 2.45) is 0 Å².